The lowest BCUT2D eigenvalue weighted by atomic mass is 9.36. The van der Waals surface area contributed by atoms with E-state index in [2.05, 4.69) is 15.6 Å². The van der Waals surface area contributed by atoms with Crippen LogP contribution in [-0.4, -0.2) is 22.3 Å². The number of hydrogen-bond acceptors (Lipinski definition) is 3. The molecule has 30 heavy (non-hydrogen) atoms. The van der Waals surface area contributed by atoms with E-state index in [1.54, 1.807) is 18.3 Å². The van der Waals surface area contributed by atoms with Gasteiger partial charge in [0.05, 0.1) is 0 Å². The summed E-state index contributed by atoms with van der Waals surface area (Å²) in [6.07, 6.45) is 4.08. The van der Waals surface area contributed by atoms with E-state index in [0.29, 0.717) is 11.4 Å². The highest BCUT2D eigenvalue weighted by atomic mass is 19.1. The van der Waals surface area contributed by atoms with Crippen LogP contribution in [0.15, 0.2) is 60.8 Å². The van der Waals surface area contributed by atoms with Gasteiger partial charge in [0.1, 0.15) is 11.5 Å². The first-order valence-electron chi connectivity index (χ1n) is 10.1. The first-order chi connectivity index (χ1) is 14.4. The molecule has 3 aromatic rings. The van der Waals surface area contributed by atoms with Crippen LogP contribution in [0.2, 0.25) is 0 Å². The molecule has 1 atom stereocenters. The van der Waals surface area contributed by atoms with Crippen molar-refractivity contribution in [2.75, 3.05) is 5.32 Å². The van der Waals surface area contributed by atoms with Gasteiger partial charge in [-0.1, -0.05) is 31.2 Å². The van der Waals surface area contributed by atoms with Crippen LogP contribution >= 0.6 is 0 Å². The van der Waals surface area contributed by atoms with Gasteiger partial charge in [-0.2, -0.15) is 0 Å². The smallest absolute Gasteiger partial charge is 0.270 e. The predicted molar refractivity (Wildman–Crippen MR) is 112 cm³/mol. The molecule has 1 aromatic heterocycles. The van der Waals surface area contributed by atoms with Crippen LogP contribution in [-0.2, 0) is 4.79 Å². The minimum Gasteiger partial charge on any atom is -0.345 e. The Balaban J connectivity index is 1.20. The number of nitrogens with one attached hydrogen (secondary N) is 2. The molecule has 3 fully saturated rings. The van der Waals surface area contributed by atoms with Crippen molar-refractivity contribution in [3.05, 3.63) is 72.3 Å². The van der Waals surface area contributed by atoms with Crippen molar-refractivity contribution >= 4 is 28.3 Å². The Morgan fingerprint density at radius 2 is 1.70 bits per heavy atom. The average molecular weight is 403 g/mol. The number of aromatic nitrogens is 1. The highest BCUT2D eigenvalue weighted by Gasteiger charge is 2.71. The molecular weight excluding hydrogens is 381 g/mol. The maximum Gasteiger partial charge on any atom is 0.270 e. The molecule has 1 heterocycles. The number of hydrogen-bond donors (Lipinski definition) is 2. The summed E-state index contributed by atoms with van der Waals surface area (Å²) >= 11 is 0. The average Bonchev–Trinajstić information content (AvgIpc) is 2.70. The highest BCUT2D eigenvalue weighted by molar-refractivity contribution is 5.97. The third-order valence-electron chi connectivity index (χ3n) is 6.74. The van der Waals surface area contributed by atoms with Crippen LogP contribution in [0.4, 0.5) is 10.1 Å². The van der Waals surface area contributed by atoms with Crippen molar-refractivity contribution in [1.82, 2.24) is 10.3 Å². The van der Waals surface area contributed by atoms with Gasteiger partial charge in [0.15, 0.2) is 0 Å². The summed E-state index contributed by atoms with van der Waals surface area (Å²) in [5.74, 6) is -0.755. The molecule has 6 rings (SSSR count). The van der Waals surface area contributed by atoms with E-state index < -0.39 is 0 Å². The van der Waals surface area contributed by atoms with E-state index in [1.807, 2.05) is 37.3 Å². The lowest BCUT2D eigenvalue weighted by molar-refractivity contribution is -0.184. The summed E-state index contributed by atoms with van der Waals surface area (Å²) in [5.41, 5.74) is 0.697. The number of halogens is 1. The van der Waals surface area contributed by atoms with Crippen LogP contribution in [0.1, 0.15) is 36.7 Å². The van der Waals surface area contributed by atoms with Gasteiger partial charge in [-0.15, -0.1) is 0 Å². The molecule has 2 aromatic carbocycles. The highest BCUT2D eigenvalue weighted by Crippen LogP contribution is 2.70. The maximum atomic E-state index is 13.0. The minimum atomic E-state index is -0.334. The van der Waals surface area contributed by atoms with Crippen LogP contribution in [0.5, 0.6) is 0 Å². The molecule has 0 aliphatic heterocycles. The number of nitrogens with zero attached hydrogens (tertiary/aromatic N) is 1. The topological polar surface area (TPSA) is 71.1 Å². The van der Waals surface area contributed by atoms with Crippen molar-refractivity contribution in [1.29, 1.82) is 0 Å². The maximum absolute atomic E-state index is 13.0. The Morgan fingerprint density at radius 1 is 1.03 bits per heavy atom. The molecule has 2 N–H and O–H groups in total. The SMILES string of the molecule is CC(C(=O)Nc1ccc(F)cc1)C12CC(NC(=O)c3cc4ccccc4cn3)(C1)C2. The fourth-order valence-corrected chi connectivity index (χ4v) is 5.03. The van der Waals surface area contributed by atoms with Crippen LogP contribution < -0.4 is 10.6 Å². The van der Waals surface area contributed by atoms with Crippen molar-refractivity contribution in [3.63, 3.8) is 0 Å². The molecule has 2 bridgehead atoms. The molecule has 0 radical (unpaired) electrons. The van der Waals surface area contributed by atoms with Crippen molar-refractivity contribution in [2.45, 2.75) is 31.7 Å². The molecule has 6 heteroatoms. The normalized spacial score (nSPS) is 25.0. The summed E-state index contributed by atoms with van der Waals surface area (Å²) in [6, 6.07) is 15.4. The number of fused-ring (bicyclic) bond motifs is 1. The fraction of sp³-hybridized carbons (Fsp3) is 0.292. The Hall–Kier alpha value is -3.28. The van der Waals surface area contributed by atoms with E-state index in [0.717, 1.165) is 30.0 Å². The Bertz CT molecular complexity index is 1140. The zero-order valence-corrected chi connectivity index (χ0v) is 16.6. The number of amides is 2. The zero-order chi connectivity index (χ0) is 20.9. The van der Waals surface area contributed by atoms with Gasteiger partial charge in [-0.3, -0.25) is 14.6 Å². The Labute approximate surface area is 173 Å². The molecule has 152 valence electrons. The summed E-state index contributed by atoms with van der Waals surface area (Å²) in [5, 5.41) is 7.98. The van der Waals surface area contributed by atoms with Gasteiger partial charge in [-0.25, -0.2) is 4.39 Å². The van der Waals surface area contributed by atoms with Gasteiger partial charge in [0.25, 0.3) is 5.91 Å². The first kappa shape index (κ1) is 18.7. The lowest BCUT2D eigenvalue weighted by Gasteiger charge is -2.72. The monoisotopic (exact) mass is 403 g/mol. The van der Waals surface area contributed by atoms with E-state index in [-0.39, 0.29) is 34.5 Å². The summed E-state index contributed by atoms with van der Waals surface area (Å²) in [7, 11) is 0. The summed E-state index contributed by atoms with van der Waals surface area (Å²) < 4.78 is 13.0. The molecule has 3 saturated carbocycles. The molecule has 2 amide bonds. The summed E-state index contributed by atoms with van der Waals surface area (Å²) in [4.78, 5) is 29.6. The first-order valence-corrected chi connectivity index (χ1v) is 10.1. The minimum absolute atomic E-state index is 0.0718. The third kappa shape index (κ3) is 3.03. The van der Waals surface area contributed by atoms with Gasteiger partial charge in [0.2, 0.25) is 5.91 Å². The van der Waals surface area contributed by atoms with E-state index in [4.69, 9.17) is 0 Å². The lowest BCUT2D eigenvalue weighted by Crippen LogP contribution is -2.77. The number of carbonyl (C=O) groups excluding carboxylic acids is 2. The van der Waals surface area contributed by atoms with Gasteiger partial charge >= 0.3 is 0 Å². The number of carbonyl (C=O) groups is 2. The Kier molecular flexibility index (Phi) is 4.13. The Morgan fingerprint density at radius 3 is 2.40 bits per heavy atom. The number of rotatable bonds is 5. The van der Waals surface area contributed by atoms with Gasteiger partial charge in [-0.05, 0) is 60.4 Å². The molecular formula is C24H22FN3O2. The van der Waals surface area contributed by atoms with Crippen LogP contribution in [0.25, 0.3) is 10.8 Å². The zero-order valence-electron chi connectivity index (χ0n) is 16.6. The largest absolute Gasteiger partial charge is 0.345 e. The molecule has 1 unspecified atom stereocenters. The molecule has 3 aliphatic carbocycles. The van der Waals surface area contributed by atoms with E-state index in [1.165, 1.54) is 12.1 Å². The number of pyridine rings is 1. The second-order valence-corrected chi connectivity index (χ2v) is 8.76. The third-order valence-corrected chi connectivity index (χ3v) is 6.74. The molecule has 0 saturated heterocycles. The number of benzene rings is 2. The predicted octanol–water partition coefficient (Wildman–Crippen LogP) is 4.30. The van der Waals surface area contributed by atoms with Gasteiger partial charge < -0.3 is 10.6 Å². The van der Waals surface area contributed by atoms with E-state index in [9.17, 15) is 14.0 Å². The van der Waals surface area contributed by atoms with Crippen molar-refractivity contribution in [3.8, 4) is 0 Å². The van der Waals surface area contributed by atoms with Crippen LogP contribution in [0.3, 0.4) is 0 Å². The fourth-order valence-electron chi connectivity index (χ4n) is 5.03. The van der Waals surface area contributed by atoms with Crippen LogP contribution in [0, 0.1) is 17.2 Å². The molecule has 5 nitrogen and oxygen atoms in total. The molecule has 0 spiro atoms. The van der Waals surface area contributed by atoms with Crippen molar-refractivity contribution in [2.24, 2.45) is 11.3 Å². The standard InChI is InChI=1S/C24H22FN3O2/c1-15(21(29)27-19-8-6-18(25)7-9-19)23-12-24(13-23,14-23)28-22(30)20-10-16-4-2-3-5-17(16)11-26-20/h2-11,15H,12-14H2,1H3,(H,27,29)(H,28,30). The number of anilines is 1. The summed E-state index contributed by atoms with van der Waals surface area (Å²) in [6.45, 7) is 1.93. The quantitative estimate of drug-likeness (QED) is 0.667. The van der Waals surface area contributed by atoms with Gasteiger partial charge in [0, 0.05) is 28.7 Å². The molecule has 3 aliphatic rings. The van der Waals surface area contributed by atoms with E-state index >= 15 is 0 Å². The second kappa shape index (κ2) is 6.62. The second-order valence-electron chi connectivity index (χ2n) is 8.76. The van der Waals surface area contributed by atoms with Crippen molar-refractivity contribution < 1.29 is 14.0 Å².